The highest BCUT2D eigenvalue weighted by Gasteiger charge is 2.16. The molecule has 1 aromatic carbocycles. The van der Waals surface area contributed by atoms with Crippen molar-refractivity contribution >= 4 is 29.5 Å². The van der Waals surface area contributed by atoms with Crippen LogP contribution in [-0.4, -0.2) is 67.6 Å². The van der Waals surface area contributed by atoms with Crippen molar-refractivity contribution in [2.75, 3.05) is 44.8 Å². The number of hydrogen-bond donors (Lipinski definition) is 2. The summed E-state index contributed by atoms with van der Waals surface area (Å²) < 4.78 is 10.5. The van der Waals surface area contributed by atoms with Gasteiger partial charge in [-0.3, -0.25) is 19.7 Å². The SMILES string of the molecule is NC=C(C=NC1COC1)c1ccncc1/C=C/C(=O)Nc1ccc(CN2CCOCC2)cc1. The summed E-state index contributed by atoms with van der Waals surface area (Å²) in [5, 5.41) is 2.90. The van der Waals surface area contributed by atoms with E-state index in [1.807, 2.05) is 30.3 Å². The fourth-order valence-electron chi connectivity index (χ4n) is 3.56. The van der Waals surface area contributed by atoms with E-state index in [0.29, 0.717) is 13.2 Å². The largest absolute Gasteiger partial charge is 0.404 e. The van der Waals surface area contributed by atoms with E-state index in [-0.39, 0.29) is 11.9 Å². The van der Waals surface area contributed by atoms with E-state index >= 15 is 0 Å². The van der Waals surface area contributed by atoms with E-state index in [0.717, 1.165) is 55.2 Å². The summed E-state index contributed by atoms with van der Waals surface area (Å²) in [4.78, 5) is 23.5. The highest BCUT2D eigenvalue weighted by molar-refractivity contribution is 6.11. The number of carbonyl (C=O) groups excluding carboxylic acids is 1. The van der Waals surface area contributed by atoms with Gasteiger partial charge in [-0.05, 0) is 35.4 Å². The first-order valence-electron chi connectivity index (χ1n) is 11.1. The van der Waals surface area contributed by atoms with Crippen LogP contribution in [0.5, 0.6) is 0 Å². The molecule has 172 valence electrons. The van der Waals surface area contributed by atoms with Gasteiger partial charge in [-0.2, -0.15) is 0 Å². The second-order valence-corrected chi connectivity index (χ2v) is 7.96. The Hall–Kier alpha value is -3.33. The minimum Gasteiger partial charge on any atom is -0.404 e. The van der Waals surface area contributed by atoms with Gasteiger partial charge in [-0.15, -0.1) is 0 Å². The molecule has 0 bridgehead atoms. The van der Waals surface area contributed by atoms with Gasteiger partial charge in [0.05, 0.1) is 32.5 Å². The van der Waals surface area contributed by atoms with Gasteiger partial charge in [-0.25, -0.2) is 0 Å². The number of nitrogens with two attached hydrogens (primary N) is 1. The third-order valence-corrected chi connectivity index (χ3v) is 5.53. The fourth-order valence-corrected chi connectivity index (χ4v) is 3.56. The number of allylic oxidation sites excluding steroid dienone is 1. The number of hydrogen-bond acceptors (Lipinski definition) is 7. The van der Waals surface area contributed by atoms with Crippen LogP contribution in [0.4, 0.5) is 5.69 Å². The summed E-state index contributed by atoms with van der Waals surface area (Å²) in [6, 6.07) is 9.95. The number of benzene rings is 1. The number of carbonyl (C=O) groups is 1. The van der Waals surface area contributed by atoms with Crippen molar-refractivity contribution < 1.29 is 14.3 Å². The summed E-state index contributed by atoms with van der Waals surface area (Å²) in [7, 11) is 0. The number of anilines is 1. The Kier molecular flexibility index (Phi) is 7.97. The Morgan fingerprint density at radius 1 is 1.18 bits per heavy atom. The molecule has 1 aromatic heterocycles. The number of nitrogens with zero attached hydrogens (tertiary/aromatic N) is 3. The van der Waals surface area contributed by atoms with Gasteiger partial charge in [-0.1, -0.05) is 12.1 Å². The first-order chi connectivity index (χ1) is 16.2. The molecule has 2 aromatic rings. The average molecular weight is 448 g/mol. The molecule has 3 heterocycles. The highest BCUT2D eigenvalue weighted by atomic mass is 16.5. The van der Waals surface area contributed by atoms with Crippen LogP contribution in [0.1, 0.15) is 16.7 Å². The highest BCUT2D eigenvalue weighted by Crippen LogP contribution is 2.19. The van der Waals surface area contributed by atoms with Crippen LogP contribution in [0.15, 0.2) is 60.0 Å². The molecule has 2 fully saturated rings. The van der Waals surface area contributed by atoms with Gasteiger partial charge >= 0.3 is 0 Å². The average Bonchev–Trinajstić information content (AvgIpc) is 2.82. The summed E-state index contributed by atoms with van der Waals surface area (Å²) in [6.45, 7) is 5.60. The van der Waals surface area contributed by atoms with Gasteiger partial charge in [0.2, 0.25) is 5.91 Å². The van der Waals surface area contributed by atoms with E-state index < -0.39 is 0 Å². The molecule has 0 saturated carbocycles. The second-order valence-electron chi connectivity index (χ2n) is 7.96. The Bertz CT molecular complexity index is 1020. The van der Waals surface area contributed by atoms with Crippen molar-refractivity contribution in [3.05, 3.63) is 71.7 Å². The summed E-state index contributed by atoms with van der Waals surface area (Å²) >= 11 is 0. The molecule has 2 aliphatic heterocycles. The van der Waals surface area contributed by atoms with Crippen molar-refractivity contribution in [1.82, 2.24) is 9.88 Å². The molecule has 0 aliphatic carbocycles. The molecular weight excluding hydrogens is 418 g/mol. The van der Waals surface area contributed by atoms with Crippen LogP contribution in [0, 0.1) is 0 Å². The number of rotatable bonds is 8. The van der Waals surface area contributed by atoms with Gasteiger partial charge in [0, 0.05) is 67.3 Å². The van der Waals surface area contributed by atoms with E-state index in [1.165, 1.54) is 17.8 Å². The first kappa shape index (κ1) is 22.8. The normalized spacial score (nSPS) is 18.0. The smallest absolute Gasteiger partial charge is 0.248 e. The topological polar surface area (TPSA) is 102 Å². The van der Waals surface area contributed by atoms with E-state index in [2.05, 4.69) is 20.2 Å². The van der Waals surface area contributed by atoms with Gasteiger partial charge in [0.1, 0.15) is 0 Å². The molecule has 2 aliphatic rings. The molecule has 8 nitrogen and oxygen atoms in total. The maximum absolute atomic E-state index is 12.5. The number of pyridine rings is 1. The number of morpholine rings is 1. The number of ether oxygens (including phenoxy) is 2. The van der Waals surface area contributed by atoms with Crippen molar-refractivity contribution in [3.8, 4) is 0 Å². The van der Waals surface area contributed by atoms with E-state index in [1.54, 1.807) is 24.7 Å². The lowest BCUT2D eigenvalue weighted by molar-refractivity contribution is -0.111. The van der Waals surface area contributed by atoms with Crippen molar-refractivity contribution in [2.24, 2.45) is 10.7 Å². The molecule has 33 heavy (non-hydrogen) atoms. The van der Waals surface area contributed by atoms with Crippen LogP contribution in [-0.2, 0) is 20.8 Å². The van der Waals surface area contributed by atoms with Gasteiger partial charge in [0.15, 0.2) is 0 Å². The number of amides is 1. The molecule has 0 radical (unpaired) electrons. The maximum atomic E-state index is 12.5. The zero-order chi connectivity index (χ0) is 22.9. The molecule has 4 rings (SSSR count). The van der Waals surface area contributed by atoms with Crippen molar-refractivity contribution in [2.45, 2.75) is 12.6 Å². The third-order valence-electron chi connectivity index (χ3n) is 5.53. The van der Waals surface area contributed by atoms with Crippen LogP contribution >= 0.6 is 0 Å². The second kappa shape index (κ2) is 11.5. The lowest BCUT2D eigenvalue weighted by Gasteiger charge is -2.26. The predicted octanol–water partition coefficient (Wildman–Crippen LogP) is 2.33. The van der Waals surface area contributed by atoms with E-state index in [9.17, 15) is 4.79 Å². The third kappa shape index (κ3) is 6.58. The van der Waals surface area contributed by atoms with Crippen LogP contribution in [0.2, 0.25) is 0 Å². The Labute approximate surface area is 193 Å². The van der Waals surface area contributed by atoms with Crippen LogP contribution in [0.3, 0.4) is 0 Å². The molecule has 3 N–H and O–H groups in total. The van der Waals surface area contributed by atoms with Gasteiger partial charge in [0.25, 0.3) is 0 Å². The summed E-state index contributed by atoms with van der Waals surface area (Å²) in [5.41, 5.74) is 10.2. The molecule has 8 heteroatoms. The Balaban J connectivity index is 1.36. The summed E-state index contributed by atoms with van der Waals surface area (Å²) in [6.07, 6.45) is 9.87. The zero-order valence-electron chi connectivity index (χ0n) is 18.5. The standard InChI is InChI=1S/C25H29N5O3/c26-13-21(15-28-23-17-33-18-23)24-7-8-27-14-20(24)3-6-25(31)29-22-4-1-19(2-5-22)16-30-9-11-32-12-10-30/h1-8,13-15,23H,9-12,16-18,26H2,(H,29,31)/b6-3+,21-13?,28-15?. The lowest BCUT2D eigenvalue weighted by Crippen LogP contribution is -2.35. The number of aliphatic imine (C=N–C) groups is 1. The van der Waals surface area contributed by atoms with Crippen molar-refractivity contribution in [1.29, 1.82) is 0 Å². The Morgan fingerprint density at radius 2 is 1.97 bits per heavy atom. The monoisotopic (exact) mass is 447 g/mol. The molecule has 0 atom stereocenters. The minimum atomic E-state index is -0.218. The molecule has 0 unspecified atom stereocenters. The predicted molar refractivity (Wildman–Crippen MR) is 130 cm³/mol. The van der Waals surface area contributed by atoms with Crippen molar-refractivity contribution in [3.63, 3.8) is 0 Å². The Morgan fingerprint density at radius 3 is 2.67 bits per heavy atom. The fraction of sp³-hybridized carbons (Fsp3) is 0.320. The first-order valence-corrected chi connectivity index (χ1v) is 11.1. The molecule has 0 spiro atoms. The number of nitrogens with one attached hydrogen (secondary N) is 1. The quantitative estimate of drug-likeness (QED) is 0.476. The lowest BCUT2D eigenvalue weighted by atomic mass is 10.0. The molecule has 1 amide bonds. The zero-order valence-corrected chi connectivity index (χ0v) is 18.5. The van der Waals surface area contributed by atoms with Crippen LogP contribution in [0.25, 0.3) is 11.6 Å². The molecule has 2 saturated heterocycles. The maximum Gasteiger partial charge on any atom is 0.248 e. The molecular formula is C25H29N5O3. The summed E-state index contributed by atoms with van der Waals surface area (Å²) in [5.74, 6) is -0.218. The van der Waals surface area contributed by atoms with Crippen LogP contribution < -0.4 is 11.1 Å². The number of aromatic nitrogens is 1. The minimum absolute atomic E-state index is 0.173. The van der Waals surface area contributed by atoms with E-state index in [4.69, 9.17) is 15.2 Å². The van der Waals surface area contributed by atoms with Gasteiger partial charge < -0.3 is 20.5 Å².